The SMILES string of the molecule is CCN(CC)S(=O)(=O)c1cccc(C(=O)N[C@H](c2ccc(OC)cc2)C(C)C)c1. The molecule has 7 heteroatoms. The van der Waals surface area contributed by atoms with E-state index in [0.717, 1.165) is 11.3 Å². The minimum Gasteiger partial charge on any atom is -0.497 e. The van der Waals surface area contributed by atoms with Crippen molar-refractivity contribution >= 4 is 15.9 Å². The van der Waals surface area contributed by atoms with Crippen molar-refractivity contribution in [2.45, 2.75) is 38.6 Å². The van der Waals surface area contributed by atoms with Crippen molar-refractivity contribution in [2.75, 3.05) is 20.2 Å². The standard InChI is InChI=1S/C22H30N2O4S/c1-6-24(7-2)29(26,27)20-10-8-9-18(15-20)22(25)23-21(16(3)4)17-11-13-19(28-5)14-12-17/h8-16,21H,6-7H2,1-5H3,(H,23,25)/t21-/m0/s1. The van der Waals surface area contributed by atoms with Crippen molar-refractivity contribution in [3.05, 3.63) is 59.7 Å². The first-order valence-corrected chi connectivity index (χ1v) is 11.2. The number of methoxy groups -OCH3 is 1. The topological polar surface area (TPSA) is 75.7 Å². The Morgan fingerprint density at radius 1 is 1.07 bits per heavy atom. The number of hydrogen-bond acceptors (Lipinski definition) is 4. The van der Waals surface area contributed by atoms with E-state index >= 15 is 0 Å². The number of nitrogens with one attached hydrogen (secondary N) is 1. The Kier molecular flexibility index (Phi) is 7.81. The summed E-state index contributed by atoms with van der Waals surface area (Å²) in [6, 6.07) is 13.5. The van der Waals surface area contributed by atoms with Gasteiger partial charge in [-0.2, -0.15) is 4.31 Å². The van der Waals surface area contributed by atoms with Gasteiger partial charge in [0, 0.05) is 18.7 Å². The summed E-state index contributed by atoms with van der Waals surface area (Å²) in [4.78, 5) is 13.0. The molecular formula is C22H30N2O4S. The lowest BCUT2D eigenvalue weighted by atomic mass is 9.95. The summed E-state index contributed by atoms with van der Waals surface area (Å²) < 4.78 is 32.1. The first-order valence-electron chi connectivity index (χ1n) is 9.79. The third-order valence-corrected chi connectivity index (χ3v) is 6.91. The number of hydrogen-bond donors (Lipinski definition) is 1. The summed E-state index contributed by atoms with van der Waals surface area (Å²) in [6.07, 6.45) is 0. The van der Waals surface area contributed by atoms with Crippen LogP contribution in [-0.2, 0) is 10.0 Å². The Balaban J connectivity index is 2.29. The number of amides is 1. The minimum absolute atomic E-state index is 0.124. The molecule has 0 saturated carbocycles. The van der Waals surface area contributed by atoms with Crippen LogP contribution in [0.1, 0.15) is 49.7 Å². The molecule has 0 saturated heterocycles. The zero-order valence-electron chi connectivity index (χ0n) is 17.7. The van der Waals surface area contributed by atoms with E-state index in [2.05, 4.69) is 5.32 Å². The van der Waals surface area contributed by atoms with Crippen LogP contribution in [0.25, 0.3) is 0 Å². The highest BCUT2D eigenvalue weighted by molar-refractivity contribution is 7.89. The first-order chi connectivity index (χ1) is 13.7. The minimum atomic E-state index is -3.62. The molecule has 29 heavy (non-hydrogen) atoms. The van der Waals surface area contributed by atoms with E-state index in [9.17, 15) is 13.2 Å². The lowest BCUT2D eigenvalue weighted by Crippen LogP contribution is -2.33. The normalized spacial score (nSPS) is 12.8. The number of sulfonamides is 1. The predicted octanol–water partition coefficient (Wildman–Crippen LogP) is 3.85. The molecule has 0 radical (unpaired) electrons. The molecule has 0 fully saturated rings. The molecule has 158 valence electrons. The number of benzene rings is 2. The monoisotopic (exact) mass is 418 g/mol. The van der Waals surface area contributed by atoms with E-state index in [0.29, 0.717) is 18.7 Å². The molecule has 1 atom stereocenters. The van der Waals surface area contributed by atoms with Gasteiger partial charge in [0.2, 0.25) is 10.0 Å². The lowest BCUT2D eigenvalue weighted by molar-refractivity contribution is 0.0925. The fourth-order valence-electron chi connectivity index (χ4n) is 3.18. The number of carbonyl (C=O) groups excluding carboxylic acids is 1. The van der Waals surface area contributed by atoms with Crippen molar-refractivity contribution in [1.29, 1.82) is 0 Å². The van der Waals surface area contributed by atoms with E-state index in [1.54, 1.807) is 33.1 Å². The van der Waals surface area contributed by atoms with Gasteiger partial charge in [-0.15, -0.1) is 0 Å². The van der Waals surface area contributed by atoms with Crippen molar-refractivity contribution < 1.29 is 17.9 Å². The molecule has 0 aliphatic carbocycles. The van der Waals surface area contributed by atoms with Gasteiger partial charge in [0.25, 0.3) is 5.91 Å². The highest BCUT2D eigenvalue weighted by Gasteiger charge is 2.24. The number of rotatable bonds is 9. The molecule has 0 spiro atoms. The molecule has 0 aliphatic heterocycles. The largest absolute Gasteiger partial charge is 0.497 e. The molecule has 6 nitrogen and oxygen atoms in total. The van der Waals surface area contributed by atoms with Gasteiger partial charge in [-0.05, 0) is 41.8 Å². The van der Waals surface area contributed by atoms with E-state index in [-0.39, 0.29) is 22.8 Å². The van der Waals surface area contributed by atoms with Crippen LogP contribution >= 0.6 is 0 Å². The summed E-state index contributed by atoms with van der Waals surface area (Å²) in [5, 5.41) is 3.03. The maximum absolute atomic E-state index is 12.9. The van der Waals surface area contributed by atoms with Crippen LogP contribution in [-0.4, -0.2) is 38.8 Å². The summed E-state index contributed by atoms with van der Waals surface area (Å²) in [5.74, 6) is 0.586. The molecule has 2 aromatic rings. The van der Waals surface area contributed by atoms with E-state index < -0.39 is 10.0 Å². The van der Waals surface area contributed by atoms with Gasteiger partial charge < -0.3 is 10.1 Å². The average Bonchev–Trinajstić information content (AvgIpc) is 2.72. The first kappa shape index (κ1) is 22.9. The van der Waals surface area contributed by atoms with Crippen molar-refractivity contribution in [3.63, 3.8) is 0 Å². The molecule has 1 N–H and O–H groups in total. The number of nitrogens with zero attached hydrogens (tertiary/aromatic N) is 1. The molecule has 2 aromatic carbocycles. The van der Waals surface area contributed by atoms with Crippen LogP contribution in [0.2, 0.25) is 0 Å². The maximum atomic E-state index is 12.9. The van der Waals surface area contributed by atoms with Crippen molar-refractivity contribution in [3.8, 4) is 5.75 Å². The van der Waals surface area contributed by atoms with Crippen LogP contribution in [0.4, 0.5) is 0 Å². The fraction of sp³-hybridized carbons (Fsp3) is 0.409. The summed E-state index contributed by atoms with van der Waals surface area (Å²) in [6.45, 7) is 8.39. The van der Waals surface area contributed by atoms with Crippen molar-refractivity contribution in [1.82, 2.24) is 9.62 Å². The molecular weight excluding hydrogens is 388 g/mol. The van der Waals surface area contributed by atoms with Crippen molar-refractivity contribution in [2.24, 2.45) is 5.92 Å². The van der Waals surface area contributed by atoms with Crippen LogP contribution in [0, 0.1) is 5.92 Å². The molecule has 0 bridgehead atoms. The van der Waals surface area contributed by atoms with Gasteiger partial charge in [-0.3, -0.25) is 4.79 Å². The van der Waals surface area contributed by atoms with Gasteiger partial charge in [-0.1, -0.05) is 45.9 Å². The van der Waals surface area contributed by atoms with Gasteiger partial charge >= 0.3 is 0 Å². The molecule has 0 aliphatic rings. The Hall–Kier alpha value is -2.38. The summed E-state index contributed by atoms with van der Waals surface area (Å²) in [5.41, 5.74) is 1.28. The highest BCUT2D eigenvalue weighted by Crippen LogP contribution is 2.25. The lowest BCUT2D eigenvalue weighted by Gasteiger charge is -2.23. The van der Waals surface area contributed by atoms with Gasteiger partial charge in [0.15, 0.2) is 0 Å². The molecule has 0 heterocycles. The zero-order chi connectivity index (χ0) is 21.6. The smallest absolute Gasteiger partial charge is 0.251 e. The second kappa shape index (κ2) is 9.89. The van der Waals surface area contributed by atoms with Gasteiger partial charge in [0.1, 0.15) is 5.75 Å². The number of carbonyl (C=O) groups is 1. The zero-order valence-corrected chi connectivity index (χ0v) is 18.5. The Morgan fingerprint density at radius 3 is 2.21 bits per heavy atom. The maximum Gasteiger partial charge on any atom is 0.251 e. The molecule has 1 amide bonds. The second-order valence-corrected chi connectivity index (χ2v) is 9.02. The van der Waals surface area contributed by atoms with Crippen LogP contribution in [0.5, 0.6) is 5.75 Å². The third kappa shape index (κ3) is 5.36. The summed E-state index contributed by atoms with van der Waals surface area (Å²) >= 11 is 0. The van der Waals surface area contributed by atoms with Crippen LogP contribution in [0.3, 0.4) is 0 Å². The Morgan fingerprint density at radius 2 is 1.69 bits per heavy atom. The number of ether oxygens (including phenoxy) is 1. The summed E-state index contributed by atoms with van der Waals surface area (Å²) in [7, 11) is -2.02. The van der Waals surface area contributed by atoms with Gasteiger partial charge in [0.05, 0.1) is 18.0 Å². The quantitative estimate of drug-likeness (QED) is 0.671. The van der Waals surface area contributed by atoms with Crippen LogP contribution in [0.15, 0.2) is 53.4 Å². The highest BCUT2D eigenvalue weighted by atomic mass is 32.2. The Bertz CT molecular complexity index is 920. The van der Waals surface area contributed by atoms with Crippen LogP contribution < -0.4 is 10.1 Å². The predicted molar refractivity (Wildman–Crippen MR) is 115 cm³/mol. The third-order valence-electron chi connectivity index (χ3n) is 4.87. The fourth-order valence-corrected chi connectivity index (χ4v) is 4.69. The Labute approximate surface area is 173 Å². The average molecular weight is 419 g/mol. The molecule has 2 rings (SSSR count). The molecule has 0 aromatic heterocycles. The van der Waals surface area contributed by atoms with E-state index in [1.807, 2.05) is 38.1 Å². The van der Waals surface area contributed by atoms with Gasteiger partial charge in [-0.25, -0.2) is 8.42 Å². The molecule has 0 unspecified atom stereocenters. The second-order valence-electron chi connectivity index (χ2n) is 7.09. The van der Waals surface area contributed by atoms with E-state index in [1.165, 1.54) is 16.4 Å². The van der Waals surface area contributed by atoms with E-state index in [4.69, 9.17) is 4.74 Å².